The molecule has 0 amide bonds. The molecule has 0 radical (unpaired) electrons. The molecule has 0 aliphatic heterocycles. The molecule has 0 aliphatic carbocycles. The van der Waals surface area contributed by atoms with Crippen LogP contribution in [0.1, 0.15) is 13.8 Å². The maximum absolute atomic E-state index is 5.75. The maximum atomic E-state index is 5.75. The van der Waals surface area contributed by atoms with Crippen LogP contribution in [0.5, 0.6) is 5.75 Å². The van der Waals surface area contributed by atoms with Crippen molar-refractivity contribution in [2.24, 2.45) is 0 Å². The third-order valence-electron chi connectivity index (χ3n) is 1.81. The van der Waals surface area contributed by atoms with Gasteiger partial charge in [-0.25, -0.2) is 0 Å². The molecule has 2 aromatic rings. The van der Waals surface area contributed by atoms with Gasteiger partial charge in [-0.05, 0) is 0 Å². The Bertz CT molecular complexity index is 403. The number of hydrogen-bond donors (Lipinski definition) is 0. The zero-order chi connectivity index (χ0) is 9.26. The summed E-state index contributed by atoms with van der Waals surface area (Å²) in [5.74, 6) is 1.10. The molecule has 0 atom stereocenters. The van der Waals surface area contributed by atoms with Crippen LogP contribution in [0.4, 0.5) is 0 Å². The Balaban J connectivity index is 2.48. The standard InChI is InChI=1S/C11H12OTe/c1-8(2)12-10-5-3-4-9-6-7-13-11(9)10/h3-8H,1-2H3. The molecule has 0 N–H and O–H groups in total. The van der Waals surface area contributed by atoms with Crippen molar-refractivity contribution >= 4 is 29.2 Å². The van der Waals surface area contributed by atoms with Gasteiger partial charge in [-0.15, -0.1) is 0 Å². The summed E-state index contributed by atoms with van der Waals surface area (Å²) in [6, 6.07) is 8.53. The zero-order valence-corrected chi connectivity index (χ0v) is 10.1. The molecule has 1 aromatic carbocycles. The SMILES string of the molecule is CC(C)Oc1cccc2cc[te]c12. The van der Waals surface area contributed by atoms with E-state index in [1.807, 2.05) is 0 Å². The molecule has 0 saturated heterocycles. The topological polar surface area (TPSA) is 9.23 Å². The molecular weight excluding hydrogens is 276 g/mol. The summed E-state index contributed by atoms with van der Waals surface area (Å²) in [4.78, 5) is 0. The molecule has 68 valence electrons. The Morgan fingerprint density at radius 3 is 2.85 bits per heavy atom. The van der Waals surface area contributed by atoms with E-state index in [0.29, 0.717) is 0 Å². The molecule has 0 saturated carbocycles. The van der Waals surface area contributed by atoms with Gasteiger partial charge in [-0.1, -0.05) is 0 Å². The van der Waals surface area contributed by atoms with Crippen molar-refractivity contribution in [2.45, 2.75) is 20.0 Å². The van der Waals surface area contributed by atoms with Crippen LogP contribution >= 0.6 is 0 Å². The van der Waals surface area contributed by atoms with E-state index >= 15 is 0 Å². The normalized spacial score (nSPS) is 11.0. The molecule has 0 bridgehead atoms. The van der Waals surface area contributed by atoms with Crippen molar-refractivity contribution in [3.05, 3.63) is 28.3 Å². The van der Waals surface area contributed by atoms with E-state index in [-0.39, 0.29) is 26.5 Å². The van der Waals surface area contributed by atoms with Gasteiger partial charge in [-0.3, -0.25) is 0 Å². The van der Waals surface area contributed by atoms with Crippen molar-refractivity contribution in [1.29, 1.82) is 0 Å². The second-order valence-corrected chi connectivity index (χ2v) is 5.88. The molecule has 1 aromatic heterocycles. The fourth-order valence-corrected chi connectivity index (χ4v) is 3.75. The first kappa shape index (κ1) is 9.12. The second-order valence-electron chi connectivity index (χ2n) is 3.26. The first-order chi connectivity index (χ1) is 6.27. The molecule has 0 aliphatic rings. The van der Waals surface area contributed by atoms with E-state index in [1.54, 1.807) is 0 Å². The van der Waals surface area contributed by atoms with Gasteiger partial charge < -0.3 is 0 Å². The Hall–Kier alpha value is -0.450. The fraction of sp³-hybridized carbons (Fsp3) is 0.273. The summed E-state index contributed by atoms with van der Waals surface area (Å²) in [7, 11) is 0. The third-order valence-corrected chi connectivity index (χ3v) is 4.50. The van der Waals surface area contributed by atoms with Crippen molar-refractivity contribution in [3.63, 3.8) is 0 Å². The minimum absolute atomic E-state index is 0.109. The van der Waals surface area contributed by atoms with Gasteiger partial charge in [0.15, 0.2) is 0 Å². The molecule has 0 fully saturated rings. The van der Waals surface area contributed by atoms with Crippen LogP contribution in [0, 0.1) is 0 Å². The zero-order valence-electron chi connectivity index (χ0n) is 7.78. The summed E-state index contributed by atoms with van der Waals surface area (Å²) in [6.07, 6.45) is 0.277. The predicted molar refractivity (Wildman–Crippen MR) is 56.7 cm³/mol. The summed E-state index contributed by atoms with van der Waals surface area (Å²) < 4.78 is 9.52. The van der Waals surface area contributed by atoms with Gasteiger partial charge >= 0.3 is 88.0 Å². The summed E-state index contributed by atoms with van der Waals surface area (Å²) in [6.45, 7) is 4.14. The summed E-state index contributed by atoms with van der Waals surface area (Å²) >= 11 is -0.109. The van der Waals surface area contributed by atoms with Gasteiger partial charge in [0.25, 0.3) is 0 Å². The van der Waals surface area contributed by atoms with Crippen LogP contribution in [0.3, 0.4) is 0 Å². The Kier molecular flexibility index (Phi) is 2.62. The Labute approximate surface area is 87.9 Å². The van der Waals surface area contributed by atoms with E-state index in [4.69, 9.17) is 4.74 Å². The van der Waals surface area contributed by atoms with Crippen molar-refractivity contribution in [1.82, 2.24) is 0 Å². The van der Waals surface area contributed by atoms with Crippen LogP contribution < -0.4 is 4.74 Å². The third kappa shape index (κ3) is 1.90. The molecule has 1 heterocycles. The van der Waals surface area contributed by atoms with E-state index in [2.05, 4.69) is 42.2 Å². The van der Waals surface area contributed by atoms with Gasteiger partial charge in [-0.2, -0.15) is 0 Å². The summed E-state index contributed by atoms with van der Waals surface area (Å²) in [5.41, 5.74) is 0. The number of ether oxygens (including phenoxy) is 1. The van der Waals surface area contributed by atoms with E-state index in [0.717, 1.165) is 5.75 Å². The van der Waals surface area contributed by atoms with Crippen molar-refractivity contribution in [2.75, 3.05) is 0 Å². The fourth-order valence-electron chi connectivity index (χ4n) is 1.31. The molecule has 13 heavy (non-hydrogen) atoms. The van der Waals surface area contributed by atoms with Gasteiger partial charge in [0.1, 0.15) is 0 Å². The molecule has 2 heteroatoms. The number of fused-ring (bicyclic) bond motifs is 1. The van der Waals surface area contributed by atoms with Crippen LogP contribution in [0.25, 0.3) is 8.79 Å². The van der Waals surface area contributed by atoms with Gasteiger partial charge in [0, 0.05) is 0 Å². The Morgan fingerprint density at radius 1 is 1.23 bits per heavy atom. The van der Waals surface area contributed by atoms with E-state index < -0.39 is 0 Å². The first-order valence-corrected chi connectivity index (χ1v) is 6.91. The van der Waals surface area contributed by atoms with Gasteiger partial charge in [0.2, 0.25) is 0 Å². The summed E-state index contributed by atoms with van der Waals surface area (Å²) in [5, 5.41) is 1.36. The minimum atomic E-state index is -0.109. The van der Waals surface area contributed by atoms with Gasteiger partial charge in [0.05, 0.1) is 0 Å². The predicted octanol–water partition coefficient (Wildman–Crippen LogP) is 2.68. The molecule has 0 spiro atoms. The molecule has 0 unspecified atom stereocenters. The van der Waals surface area contributed by atoms with E-state index in [1.165, 1.54) is 8.79 Å². The van der Waals surface area contributed by atoms with Crippen molar-refractivity contribution < 1.29 is 4.74 Å². The van der Waals surface area contributed by atoms with E-state index in [9.17, 15) is 0 Å². The molecule has 2 rings (SSSR count). The average Bonchev–Trinajstić information content (AvgIpc) is 2.51. The number of rotatable bonds is 2. The first-order valence-electron chi connectivity index (χ1n) is 4.40. The second kappa shape index (κ2) is 3.74. The van der Waals surface area contributed by atoms with Crippen molar-refractivity contribution in [3.8, 4) is 5.75 Å². The van der Waals surface area contributed by atoms with Crippen LogP contribution in [0.15, 0.2) is 28.3 Å². The quantitative estimate of drug-likeness (QED) is 0.772. The number of benzene rings is 1. The molecular formula is C11H12OTe. The van der Waals surface area contributed by atoms with Crippen LogP contribution in [-0.2, 0) is 0 Å². The van der Waals surface area contributed by atoms with Crippen LogP contribution in [0.2, 0.25) is 0 Å². The number of hydrogen-bond acceptors (Lipinski definition) is 1. The Morgan fingerprint density at radius 2 is 2.08 bits per heavy atom. The van der Waals surface area contributed by atoms with Crippen LogP contribution in [-0.4, -0.2) is 26.5 Å². The monoisotopic (exact) mass is 290 g/mol. The molecule has 1 nitrogen and oxygen atoms in total. The average molecular weight is 288 g/mol.